The molecule has 0 saturated heterocycles. The van der Waals surface area contributed by atoms with Gasteiger partial charge in [0.05, 0.1) is 6.20 Å². The van der Waals surface area contributed by atoms with Gasteiger partial charge in [0, 0.05) is 19.3 Å². The van der Waals surface area contributed by atoms with Gasteiger partial charge in [-0.15, -0.1) is 0 Å². The number of rotatable bonds is 5. The first-order valence-electron chi connectivity index (χ1n) is 7.21. The monoisotopic (exact) mass is 286 g/mol. The summed E-state index contributed by atoms with van der Waals surface area (Å²) in [6.45, 7) is 7.01. The predicted molar refractivity (Wildman–Crippen MR) is 85.1 cm³/mol. The minimum absolute atomic E-state index is 0.141. The summed E-state index contributed by atoms with van der Waals surface area (Å²) in [4.78, 5) is 11.9. The Hall–Kier alpha value is -2.30. The summed E-state index contributed by atoms with van der Waals surface area (Å²) in [5.41, 5.74) is 2.76. The van der Waals surface area contributed by atoms with E-state index < -0.39 is 0 Å². The van der Waals surface area contributed by atoms with Crippen LogP contribution in [0.4, 0.5) is 11.5 Å². The third-order valence-corrected chi connectivity index (χ3v) is 3.43. The highest BCUT2D eigenvalue weighted by atomic mass is 16.1. The minimum atomic E-state index is -0.141. The molecular formula is C16H22N4O. The molecule has 2 rings (SSSR count). The summed E-state index contributed by atoms with van der Waals surface area (Å²) < 4.78 is 1.78. The van der Waals surface area contributed by atoms with Crippen LogP contribution in [0, 0.1) is 0 Å². The van der Waals surface area contributed by atoms with Gasteiger partial charge in [-0.25, -0.2) is 4.68 Å². The number of benzene rings is 1. The average Bonchev–Trinajstić information content (AvgIpc) is 2.89. The second kappa shape index (κ2) is 6.43. The Morgan fingerprint density at radius 3 is 2.76 bits per heavy atom. The molecule has 0 bridgehead atoms. The van der Waals surface area contributed by atoms with Crippen LogP contribution in [-0.4, -0.2) is 22.7 Å². The number of aryl methyl sites for hydroxylation is 1. The van der Waals surface area contributed by atoms with Crippen molar-refractivity contribution in [1.29, 1.82) is 0 Å². The van der Waals surface area contributed by atoms with Gasteiger partial charge < -0.3 is 10.6 Å². The number of hydrogen-bond acceptors (Lipinski definition) is 3. The van der Waals surface area contributed by atoms with Crippen molar-refractivity contribution in [3.63, 3.8) is 0 Å². The number of carbonyl (C=O) groups excluding carboxylic acids is 1. The van der Waals surface area contributed by atoms with Crippen molar-refractivity contribution in [3.8, 4) is 0 Å². The molecule has 0 atom stereocenters. The lowest BCUT2D eigenvalue weighted by Crippen LogP contribution is -2.19. The zero-order valence-corrected chi connectivity index (χ0v) is 13.0. The van der Waals surface area contributed by atoms with Crippen LogP contribution < -0.4 is 10.6 Å². The van der Waals surface area contributed by atoms with Gasteiger partial charge in [-0.1, -0.05) is 26.0 Å². The van der Waals surface area contributed by atoms with Crippen LogP contribution in [0.3, 0.4) is 0 Å². The van der Waals surface area contributed by atoms with E-state index in [9.17, 15) is 4.79 Å². The molecule has 2 aromatic rings. The van der Waals surface area contributed by atoms with Gasteiger partial charge in [-0.05, 0) is 30.5 Å². The van der Waals surface area contributed by atoms with Crippen LogP contribution >= 0.6 is 0 Å². The van der Waals surface area contributed by atoms with E-state index in [4.69, 9.17) is 0 Å². The van der Waals surface area contributed by atoms with E-state index in [1.807, 2.05) is 19.1 Å². The van der Waals surface area contributed by atoms with Gasteiger partial charge in [0.1, 0.15) is 11.4 Å². The first-order valence-corrected chi connectivity index (χ1v) is 7.21. The molecule has 1 heterocycles. The Morgan fingerprint density at radius 1 is 1.38 bits per heavy atom. The zero-order valence-electron chi connectivity index (χ0n) is 13.0. The van der Waals surface area contributed by atoms with E-state index in [1.54, 1.807) is 17.9 Å². The Morgan fingerprint density at radius 2 is 2.14 bits per heavy atom. The highest BCUT2D eigenvalue weighted by Gasteiger charge is 2.16. The molecule has 0 unspecified atom stereocenters. The largest absolute Gasteiger partial charge is 0.355 e. The summed E-state index contributed by atoms with van der Waals surface area (Å²) in [5.74, 6) is 1.04. The maximum atomic E-state index is 11.9. The molecule has 21 heavy (non-hydrogen) atoms. The van der Waals surface area contributed by atoms with Crippen molar-refractivity contribution in [2.45, 2.75) is 33.2 Å². The number of nitrogens with one attached hydrogen (secondary N) is 2. The molecule has 0 aliphatic rings. The van der Waals surface area contributed by atoms with Crippen molar-refractivity contribution < 1.29 is 4.79 Å². The van der Waals surface area contributed by atoms with Gasteiger partial charge >= 0.3 is 0 Å². The van der Waals surface area contributed by atoms with Crippen molar-refractivity contribution in [1.82, 2.24) is 15.1 Å². The van der Waals surface area contributed by atoms with Gasteiger partial charge in [0.2, 0.25) is 0 Å². The fourth-order valence-electron chi connectivity index (χ4n) is 2.17. The molecule has 0 spiro atoms. The van der Waals surface area contributed by atoms with Crippen molar-refractivity contribution >= 4 is 17.4 Å². The molecule has 0 aliphatic carbocycles. The van der Waals surface area contributed by atoms with Crippen LogP contribution in [0.1, 0.15) is 42.6 Å². The van der Waals surface area contributed by atoms with Crippen LogP contribution in [0.2, 0.25) is 0 Å². The van der Waals surface area contributed by atoms with E-state index in [1.165, 1.54) is 5.56 Å². The number of anilines is 2. The highest BCUT2D eigenvalue weighted by molar-refractivity contribution is 5.99. The standard InChI is InChI=1S/C16H22N4O/c1-5-20-15(14(10-18-20)16(21)17-4)19-13-8-6-7-12(9-13)11(2)3/h6-11,19H,5H2,1-4H3,(H,17,21). The molecule has 0 radical (unpaired) electrons. The smallest absolute Gasteiger partial charge is 0.256 e. The zero-order chi connectivity index (χ0) is 15.4. The van der Waals surface area contributed by atoms with Crippen molar-refractivity contribution in [2.75, 3.05) is 12.4 Å². The van der Waals surface area contributed by atoms with E-state index in [-0.39, 0.29) is 5.91 Å². The van der Waals surface area contributed by atoms with E-state index in [0.717, 1.165) is 11.5 Å². The normalized spacial score (nSPS) is 10.7. The van der Waals surface area contributed by atoms with Crippen LogP contribution in [0.25, 0.3) is 0 Å². The quantitative estimate of drug-likeness (QED) is 0.887. The minimum Gasteiger partial charge on any atom is -0.355 e. The predicted octanol–water partition coefficient (Wildman–Crippen LogP) is 3.13. The number of carbonyl (C=O) groups is 1. The Balaban J connectivity index is 2.36. The molecule has 0 saturated carbocycles. The van der Waals surface area contributed by atoms with Gasteiger partial charge in [-0.3, -0.25) is 4.79 Å². The first kappa shape index (κ1) is 15.1. The van der Waals surface area contributed by atoms with Crippen molar-refractivity contribution in [3.05, 3.63) is 41.6 Å². The molecule has 5 nitrogen and oxygen atoms in total. The third kappa shape index (κ3) is 3.24. The summed E-state index contributed by atoms with van der Waals surface area (Å²) in [6.07, 6.45) is 1.59. The van der Waals surface area contributed by atoms with Gasteiger partial charge in [0.15, 0.2) is 0 Å². The van der Waals surface area contributed by atoms with E-state index >= 15 is 0 Å². The summed E-state index contributed by atoms with van der Waals surface area (Å²) in [6, 6.07) is 8.22. The molecule has 0 fully saturated rings. The van der Waals surface area contributed by atoms with Crippen molar-refractivity contribution in [2.24, 2.45) is 0 Å². The second-order valence-corrected chi connectivity index (χ2v) is 5.21. The molecular weight excluding hydrogens is 264 g/mol. The van der Waals surface area contributed by atoms with Crippen LogP contribution in [-0.2, 0) is 6.54 Å². The molecule has 2 N–H and O–H groups in total. The maximum absolute atomic E-state index is 11.9. The molecule has 1 aromatic carbocycles. The molecule has 0 aliphatic heterocycles. The third-order valence-electron chi connectivity index (χ3n) is 3.43. The van der Waals surface area contributed by atoms with Gasteiger partial charge in [-0.2, -0.15) is 5.10 Å². The number of nitrogens with zero attached hydrogens (tertiary/aromatic N) is 2. The first-order chi connectivity index (χ1) is 10.1. The maximum Gasteiger partial charge on any atom is 0.256 e. The number of amides is 1. The highest BCUT2D eigenvalue weighted by Crippen LogP contribution is 2.24. The molecule has 1 amide bonds. The van der Waals surface area contributed by atoms with E-state index in [0.29, 0.717) is 18.0 Å². The summed E-state index contributed by atoms with van der Waals surface area (Å²) in [5, 5.41) is 10.2. The summed E-state index contributed by atoms with van der Waals surface area (Å²) >= 11 is 0. The number of hydrogen-bond donors (Lipinski definition) is 2. The van der Waals surface area contributed by atoms with Gasteiger partial charge in [0.25, 0.3) is 5.91 Å². The lowest BCUT2D eigenvalue weighted by atomic mass is 10.0. The summed E-state index contributed by atoms with van der Waals surface area (Å²) in [7, 11) is 1.62. The molecule has 1 aromatic heterocycles. The molecule has 5 heteroatoms. The SMILES string of the molecule is CCn1ncc(C(=O)NC)c1Nc1cccc(C(C)C)c1. The lowest BCUT2D eigenvalue weighted by molar-refractivity contribution is 0.0964. The topological polar surface area (TPSA) is 59.0 Å². The average molecular weight is 286 g/mol. The van der Waals surface area contributed by atoms with E-state index in [2.05, 4.69) is 41.7 Å². The van der Waals surface area contributed by atoms with Crippen LogP contribution in [0.15, 0.2) is 30.5 Å². The van der Waals surface area contributed by atoms with Crippen LogP contribution in [0.5, 0.6) is 0 Å². The Bertz CT molecular complexity index is 631. The lowest BCUT2D eigenvalue weighted by Gasteiger charge is -2.13. The second-order valence-electron chi connectivity index (χ2n) is 5.21. The molecule has 112 valence electrons. The fraction of sp³-hybridized carbons (Fsp3) is 0.375. The fourth-order valence-corrected chi connectivity index (χ4v) is 2.17. The Labute approximate surface area is 125 Å². The Kier molecular flexibility index (Phi) is 4.62. The number of aromatic nitrogens is 2.